The van der Waals surface area contributed by atoms with Crippen LogP contribution in [-0.4, -0.2) is 37.7 Å². The van der Waals surface area contributed by atoms with E-state index >= 15 is 0 Å². The second-order valence-corrected chi connectivity index (χ2v) is 8.37. The van der Waals surface area contributed by atoms with E-state index in [0.717, 1.165) is 39.4 Å². The molecule has 3 aromatic carbocycles. The molecule has 1 fully saturated rings. The predicted molar refractivity (Wildman–Crippen MR) is 139 cm³/mol. The minimum Gasteiger partial charge on any atom is -0.494 e. The highest BCUT2D eigenvalue weighted by molar-refractivity contribution is 7.80. The van der Waals surface area contributed by atoms with Crippen molar-refractivity contribution in [2.75, 3.05) is 40.3 Å². The second kappa shape index (κ2) is 8.83. The molecule has 2 atom stereocenters. The van der Waals surface area contributed by atoms with E-state index in [1.807, 2.05) is 38.1 Å². The van der Waals surface area contributed by atoms with Crippen LogP contribution in [0.25, 0.3) is 0 Å². The number of hydrogen-bond acceptors (Lipinski definition) is 5. The van der Waals surface area contributed by atoms with Gasteiger partial charge in [0.1, 0.15) is 23.8 Å². The summed E-state index contributed by atoms with van der Waals surface area (Å²) in [5.74, 6) is 1.71. The molecule has 0 aliphatic carbocycles. The SMILES string of the molecule is CCOc1ccc(N2C(=S)N(c3ccc(OCC)cc3)[C@H]3[C@@H]2Nc2ccccc2N3C)cc1. The number of benzene rings is 3. The van der Waals surface area contributed by atoms with Crippen LogP contribution in [0.1, 0.15) is 13.8 Å². The van der Waals surface area contributed by atoms with Gasteiger partial charge in [-0.25, -0.2) is 0 Å². The lowest BCUT2D eigenvalue weighted by Crippen LogP contribution is -2.55. The number of hydrogen-bond donors (Lipinski definition) is 1. The van der Waals surface area contributed by atoms with Crippen molar-refractivity contribution in [2.45, 2.75) is 26.2 Å². The van der Waals surface area contributed by atoms with Crippen LogP contribution in [0.3, 0.4) is 0 Å². The molecule has 0 spiro atoms. The van der Waals surface area contributed by atoms with Crippen molar-refractivity contribution >= 4 is 40.1 Å². The van der Waals surface area contributed by atoms with E-state index in [9.17, 15) is 0 Å². The maximum absolute atomic E-state index is 6.10. The van der Waals surface area contributed by atoms with Crippen LogP contribution in [0.2, 0.25) is 0 Å². The molecule has 0 radical (unpaired) electrons. The van der Waals surface area contributed by atoms with E-state index in [-0.39, 0.29) is 12.3 Å². The number of ether oxygens (including phenoxy) is 2. The van der Waals surface area contributed by atoms with Gasteiger partial charge in [0.25, 0.3) is 0 Å². The first kappa shape index (κ1) is 21.4. The lowest BCUT2D eigenvalue weighted by molar-refractivity contribution is 0.340. The molecule has 2 heterocycles. The first-order chi connectivity index (χ1) is 16.1. The molecule has 33 heavy (non-hydrogen) atoms. The van der Waals surface area contributed by atoms with E-state index in [4.69, 9.17) is 21.7 Å². The van der Waals surface area contributed by atoms with E-state index < -0.39 is 0 Å². The van der Waals surface area contributed by atoms with Crippen molar-refractivity contribution in [2.24, 2.45) is 0 Å². The fourth-order valence-electron chi connectivity index (χ4n) is 4.63. The predicted octanol–water partition coefficient (Wildman–Crippen LogP) is 5.31. The van der Waals surface area contributed by atoms with Gasteiger partial charge < -0.3 is 19.7 Å². The minimum atomic E-state index is -0.0677. The van der Waals surface area contributed by atoms with Crippen LogP contribution in [0, 0.1) is 0 Å². The third-order valence-corrected chi connectivity index (χ3v) is 6.47. The third-order valence-electron chi connectivity index (χ3n) is 6.07. The first-order valence-corrected chi connectivity index (χ1v) is 11.7. The zero-order chi connectivity index (χ0) is 22.9. The number of nitrogens with one attached hydrogen (secondary N) is 1. The molecule has 3 aromatic rings. The zero-order valence-corrected chi connectivity index (χ0v) is 19.9. The van der Waals surface area contributed by atoms with E-state index in [1.165, 1.54) is 0 Å². The van der Waals surface area contributed by atoms with Crippen LogP contribution in [0.4, 0.5) is 22.7 Å². The summed E-state index contributed by atoms with van der Waals surface area (Å²) < 4.78 is 11.3. The number of rotatable bonds is 6. The van der Waals surface area contributed by atoms with Crippen LogP contribution < -0.4 is 29.5 Å². The van der Waals surface area contributed by atoms with Gasteiger partial charge in [0, 0.05) is 18.4 Å². The van der Waals surface area contributed by atoms with Gasteiger partial charge in [-0.15, -0.1) is 0 Å². The van der Waals surface area contributed by atoms with Crippen LogP contribution in [0.15, 0.2) is 72.8 Å². The highest BCUT2D eigenvalue weighted by Crippen LogP contribution is 2.42. The number of nitrogens with zero attached hydrogens (tertiary/aromatic N) is 3. The largest absolute Gasteiger partial charge is 0.494 e. The Bertz CT molecular complexity index is 1140. The molecule has 2 aliphatic rings. The molecular formula is C26H28N4O2S. The summed E-state index contributed by atoms with van der Waals surface area (Å²) in [5, 5.41) is 4.48. The molecule has 0 aromatic heterocycles. The molecule has 2 aliphatic heterocycles. The molecule has 0 unspecified atom stereocenters. The summed E-state index contributed by atoms with van der Waals surface area (Å²) in [6.07, 6.45) is -0.0983. The smallest absolute Gasteiger partial charge is 0.184 e. The van der Waals surface area contributed by atoms with E-state index in [2.05, 4.69) is 75.6 Å². The van der Waals surface area contributed by atoms with Crippen molar-refractivity contribution in [3.05, 3.63) is 72.8 Å². The van der Waals surface area contributed by atoms with Gasteiger partial charge >= 0.3 is 0 Å². The van der Waals surface area contributed by atoms with E-state index in [0.29, 0.717) is 13.2 Å². The first-order valence-electron chi connectivity index (χ1n) is 11.3. The molecule has 6 nitrogen and oxygen atoms in total. The number of anilines is 4. The monoisotopic (exact) mass is 460 g/mol. The topological polar surface area (TPSA) is 40.2 Å². The molecule has 0 amide bonds. The normalized spacial score (nSPS) is 19.1. The Morgan fingerprint density at radius 2 is 1.33 bits per heavy atom. The standard InChI is InChI=1S/C26H28N4O2S/c1-4-31-20-14-10-18(11-15-20)29-24-25(28(3)23-9-7-6-8-22(23)27-24)30(26(29)33)19-12-16-21(17-13-19)32-5-2/h6-17,24-25,27H,4-5H2,1-3H3/t24-,25+/m1/s1. The Kier molecular flexibility index (Phi) is 5.72. The van der Waals surface area contributed by atoms with Crippen molar-refractivity contribution in [3.63, 3.8) is 0 Å². The molecule has 7 heteroatoms. The molecular weight excluding hydrogens is 432 g/mol. The highest BCUT2D eigenvalue weighted by atomic mass is 32.1. The average molecular weight is 461 g/mol. The van der Waals surface area contributed by atoms with Crippen LogP contribution >= 0.6 is 12.2 Å². The summed E-state index contributed by atoms with van der Waals surface area (Å²) in [5.41, 5.74) is 4.28. The molecule has 0 saturated carbocycles. The highest BCUT2D eigenvalue weighted by Gasteiger charge is 2.49. The second-order valence-electron chi connectivity index (χ2n) is 8.01. The summed E-state index contributed by atoms with van der Waals surface area (Å²) >= 11 is 6.10. The van der Waals surface area contributed by atoms with Gasteiger partial charge in [-0.1, -0.05) is 12.1 Å². The minimum absolute atomic E-state index is 0.0306. The van der Waals surface area contributed by atoms with Crippen LogP contribution in [0.5, 0.6) is 11.5 Å². The van der Waals surface area contributed by atoms with Gasteiger partial charge in [0.2, 0.25) is 0 Å². The van der Waals surface area contributed by atoms with Gasteiger partial charge in [0.05, 0.1) is 24.6 Å². The molecule has 1 saturated heterocycles. The summed E-state index contributed by atoms with van der Waals surface area (Å²) in [7, 11) is 2.13. The van der Waals surface area contributed by atoms with Gasteiger partial charge in [0.15, 0.2) is 5.11 Å². The molecule has 170 valence electrons. The van der Waals surface area contributed by atoms with Crippen molar-refractivity contribution < 1.29 is 9.47 Å². The van der Waals surface area contributed by atoms with Gasteiger partial charge in [-0.05, 0) is 86.7 Å². The lowest BCUT2D eigenvalue weighted by Gasteiger charge is -2.42. The van der Waals surface area contributed by atoms with Gasteiger partial charge in [-0.3, -0.25) is 9.80 Å². The average Bonchev–Trinajstić information content (AvgIpc) is 3.13. The number of para-hydroxylation sites is 2. The Hall–Kier alpha value is -3.45. The third kappa shape index (κ3) is 3.72. The fourth-order valence-corrected chi connectivity index (χ4v) is 5.06. The maximum Gasteiger partial charge on any atom is 0.184 e. The van der Waals surface area contributed by atoms with E-state index in [1.54, 1.807) is 0 Å². The lowest BCUT2D eigenvalue weighted by atomic mass is 10.1. The maximum atomic E-state index is 6.10. The summed E-state index contributed by atoms with van der Waals surface area (Å²) in [4.78, 5) is 6.71. The quantitative estimate of drug-likeness (QED) is 0.500. The number of thiocarbonyl (C=S) groups is 1. The number of fused-ring (bicyclic) bond motifs is 2. The Morgan fingerprint density at radius 3 is 1.91 bits per heavy atom. The van der Waals surface area contributed by atoms with Crippen molar-refractivity contribution in [1.29, 1.82) is 0 Å². The Balaban J connectivity index is 1.57. The van der Waals surface area contributed by atoms with Gasteiger partial charge in [-0.2, -0.15) is 0 Å². The zero-order valence-electron chi connectivity index (χ0n) is 19.1. The Morgan fingerprint density at radius 1 is 0.788 bits per heavy atom. The summed E-state index contributed by atoms with van der Waals surface area (Å²) in [6, 6.07) is 24.6. The molecule has 1 N–H and O–H groups in total. The van der Waals surface area contributed by atoms with Crippen molar-refractivity contribution in [1.82, 2.24) is 0 Å². The molecule has 5 rings (SSSR count). The Labute approximate surface area is 200 Å². The molecule has 0 bridgehead atoms. The number of likely N-dealkylation sites (N-methyl/N-ethyl adjacent to an activating group) is 1. The van der Waals surface area contributed by atoms with Crippen LogP contribution in [-0.2, 0) is 0 Å². The fraction of sp³-hybridized carbons (Fsp3) is 0.269. The summed E-state index contributed by atoms with van der Waals surface area (Å²) in [6.45, 7) is 5.26. The van der Waals surface area contributed by atoms with Crippen molar-refractivity contribution in [3.8, 4) is 11.5 Å².